The Kier molecular flexibility index (Phi) is 4.95. The molecule has 0 N–H and O–H groups in total. The number of anilines is 1. The van der Waals surface area contributed by atoms with Crippen molar-refractivity contribution in [2.75, 3.05) is 31.1 Å². The Labute approximate surface area is 188 Å². The van der Waals surface area contributed by atoms with E-state index in [-0.39, 0.29) is 11.5 Å². The van der Waals surface area contributed by atoms with Crippen molar-refractivity contribution in [3.8, 4) is 0 Å². The lowest BCUT2D eigenvalue weighted by Gasteiger charge is -2.36. The highest BCUT2D eigenvalue weighted by Gasteiger charge is 2.25. The molecule has 1 amide bonds. The SMILES string of the molecule is Cc1sc2nc3c(C(=O)N4CCN(c5ccc(Cl)cc5)CC4)cccn3c(=O)c2c1C. The second-order valence-corrected chi connectivity index (χ2v) is 9.39. The van der Waals surface area contributed by atoms with Gasteiger partial charge in [0.15, 0.2) is 5.65 Å². The lowest BCUT2D eigenvalue weighted by Crippen LogP contribution is -2.49. The second kappa shape index (κ2) is 7.66. The molecule has 1 aliphatic heterocycles. The predicted octanol–water partition coefficient (Wildman–Crippen LogP) is 4.14. The van der Waals surface area contributed by atoms with Gasteiger partial charge in [0.1, 0.15) is 4.83 Å². The minimum Gasteiger partial charge on any atom is -0.368 e. The number of carbonyl (C=O) groups excluding carboxylic acids is 1. The summed E-state index contributed by atoms with van der Waals surface area (Å²) in [4.78, 5) is 37.0. The van der Waals surface area contributed by atoms with Crippen LogP contribution in [0.3, 0.4) is 0 Å². The van der Waals surface area contributed by atoms with Crippen LogP contribution in [-0.2, 0) is 0 Å². The predicted molar refractivity (Wildman–Crippen MR) is 126 cm³/mol. The highest BCUT2D eigenvalue weighted by molar-refractivity contribution is 7.18. The van der Waals surface area contributed by atoms with Crippen molar-refractivity contribution < 1.29 is 4.79 Å². The van der Waals surface area contributed by atoms with E-state index in [4.69, 9.17) is 16.6 Å². The Hall–Kier alpha value is -2.90. The maximum Gasteiger partial charge on any atom is 0.266 e. The molecule has 1 fully saturated rings. The van der Waals surface area contributed by atoms with Crippen LogP contribution >= 0.6 is 22.9 Å². The van der Waals surface area contributed by atoms with Gasteiger partial charge in [0.2, 0.25) is 0 Å². The van der Waals surface area contributed by atoms with E-state index in [2.05, 4.69) is 4.90 Å². The van der Waals surface area contributed by atoms with Crippen LogP contribution in [0.15, 0.2) is 47.4 Å². The molecule has 6 nitrogen and oxygen atoms in total. The van der Waals surface area contributed by atoms with Crippen LogP contribution in [0.4, 0.5) is 5.69 Å². The summed E-state index contributed by atoms with van der Waals surface area (Å²) in [6.45, 7) is 6.61. The zero-order chi connectivity index (χ0) is 21.7. The van der Waals surface area contributed by atoms with E-state index in [1.54, 1.807) is 18.3 Å². The Morgan fingerprint density at radius 2 is 1.77 bits per heavy atom. The van der Waals surface area contributed by atoms with E-state index in [0.29, 0.717) is 39.5 Å². The minimum absolute atomic E-state index is 0.0925. The van der Waals surface area contributed by atoms with Crippen LogP contribution in [0.1, 0.15) is 20.8 Å². The first-order chi connectivity index (χ1) is 14.9. The Bertz CT molecular complexity index is 1370. The first kappa shape index (κ1) is 20.0. The monoisotopic (exact) mass is 452 g/mol. The zero-order valence-corrected chi connectivity index (χ0v) is 18.8. The molecule has 0 bridgehead atoms. The molecule has 4 heterocycles. The quantitative estimate of drug-likeness (QED) is 0.458. The van der Waals surface area contributed by atoms with Gasteiger partial charge in [0, 0.05) is 48.0 Å². The van der Waals surface area contributed by atoms with Gasteiger partial charge < -0.3 is 9.80 Å². The van der Waals surface area contributed by atoms with E-state index in [0.717, 1.165) is 29.2 Å². The van der Waals surface area contributed by atoms with Gasteiger partial charge in [-0.25, -0.2) is 4.98 Å². The third kappa shape index (κ3) is 3.38. The fourth-order valence-corrected chi connectivity index (χ4v) is 5.24. The van der Waals surface area contributed by atoms with E-state index < -0.39 is 0 Å². The first-order valence-electron chi connectivity index (χ1n) is 10.1. The van der Waals surface area contributed by atoms with Crippen molar-refractivity contribution >= 4 is 50.4 Å². The molecular formula is C23H21ClN4O2S. The van der Waals surface area contributed by atoms with E-state index in [1.165, 1.54) is 15.7 Å². The highest BCUT2D eigenvalue weighted by atomic mass is 35.5. The van der Waals surface area contributed by atoms with Gasteiger partial charge in [0.05, 0.1) is 10.9 Å². The summed E-state index contributed by atoms with van der Waals surface area (Å²) in [7, 11) is 0. The number of aromatic nitrogens is 2. The van der Waals surface area contributed by atoms with Crippen molar-refractivity contribution in [2.24, 2.45) is 0 Å². The lowest BCUT2D eigenvalue weighted by molar-refractivity contribution is 0.0748. The molecule has 1 aromatic carbocycles. The lowest BCUT2D eigenvalue weighted by atomic mass is 10.1. The summed E-state index contributed by atoms with van der Waals surface area (Å²) in [6.07, 6.45) is 1.69. The molecule has 3 aromatic heterocycles. The number of aryl methyl sites for hydroxylation is 2. The molecule has 1 saturated heterocycles. The second-order valence-electron chi connectivity index (χ2n) is 7.75. The van der Waals surface area contributed by atoms with Crippen LogP contribution < -0.4 is 10.5 Å². The number of pyridine rings is 1. The number of piperazine rings is 1. The summed E-state index contributed by atoms with van der Waals surface area (Å²) < 4.78 is 1.50. The number of thiophene rings is 1. The zero-order valence-electron chi connectivity index (χ0n) is 17.3. The Balaban J connectivity index is 1.46. The number of halogens is 1. The number of carbonyl (C=O) groups is 1. The summed E-state index contributed by atoms with van der Waals surface area (Å²) in [6, 6.07) is 11.3. The molecule has 8 heteroatoms. The van der Waals surface area contributed by atoms with Gasteiger partial charge in [-0.2, -0.15) is 0 Å². The van der Waals surface area contributed by atoms with Crippen LogP contribution in [-0.4, -0.2) is 46.4 Å². The molecule has 0 unspecified atom stereocenters. The molecule has 0 atom stereocenters. The van der Waals surface area contributed by atoms with Gasteiger partial charge in [0.25, 0.3) is 11.5 Å². The normalized spacial score (nSPS) is 14.5. The van der Waals surface area contributed by atoms with Crippen LogP contribution in [0.5, 0.6) is 0 Å². The number of amides is 1. The van der Waals surface area contributed by atoms with Gasteiger partial charge in [-0.05, 0) is 55.8 Å². The molecule has 0 aliphatic carbocycles. The summed E-state index contributed by atoms with van der Waals surface area (Å²) in [5.41, 5.74) is 2.82. The third-order valence-corrected chi connectivity index (χ3v) is 7.32. The van der Waals surface area contributed by atoms with Crippen LogP contribution in [0, 0.1) is 13.8 Å². The molecule has 0 spiro atoms. The molecule has 31 heavy (non-hydrogen) atoms. The number of hydrogen-bond donors (Lipinski definition) is 0. The van der Waals surface area contributed by atoms with Gasteiger partial charge in [-0.3, -0.25) is 14.0 Å². The Morgan fingerprint density at radius 1 is 1.06 bits per heavy atom. The van der Waals surface area contributed by atoms with Crippen molar-refractivity contribution in [2.45, 2.75) is 13.8 Å². The van der Waals surface area contributed by atoms with Gasteiger partial charge in [-0.1, -0.05) is 11.6 Å². The minimum atomic E-state index is -0.121. The highest BCUT2D eigenvalue weighted by Crippen LogP contribution is 2.27. The van der Waals surface area contributed by atoms with E-state index in [1.807, 2.05) is 43.0 Å². The van der Waals surface area contributed by atoms with Crippen LogP contribution in [0.25, 0.3) is 15.9 Å². The first-order valence-corrected chi connectivity index (χ1v) is 11.3. The standard InChI is InChI=1S/C23H21ClN4O2S/c1-14-15(2)31-21-19(14)23(30)28-9-3-4-18(20(28)25-21)22(29)27-12-10-26(11-13-27)17-7-5-16(24)6-8-17/h3-9H,10-13H2,1-2H3. The van der Waals surface area contributed by atoms with Crippen molar-refractivity contribution in [3.05, 3.63) is 74.0 Å². The number of hydrogen-bond acceptors (Lipinski definition) is 5. The molecule has 158 valence electrons. The molecule has 0 saturated carbocycles. The van der Waals surface area contributed by atoms with Gasteiger partial charge in [-0.15, -0.1) is 11.3 Å². The maximum absolute atomic E-state index is 13.4. The number of nitrogens with zero attached hydrogens (tertiary/aromatic N) is 4. The molecular weight excluding hydrogens is 432 g/mol. The smallest absolute Gasteiger partial charge is 0.266 e. The molecule has 1 aliphatic rings. The molecule has 4 aromatic rings. The topological polar surface area (TPSA) is 57.9 Å². The van der Waals surface area contributed by atoms with E-state index in [9.17, 15) is 9.59 Å². The molecule has 0 radical (unpaired) electrons. The maximum atomic E-state index is 13.4. The molecule has 5 rings (SSSR count). The average molecular weight is 453 g/mol. The van der Waals surface area contributed by atoms with Crippen molar-refractivity contribution in [3.63, 3.8) is 0 Å². The number of fused-ring (bicyclic) bond motifs is 2. The average Bonchev–Trinajstić information content (AvgIpc) is 3.07. The van der Waals surface area contributed by atoms with E-state index >= 15 is 0 Å². The largest absolute Gasteiger partial charge is 0.368 e. The number of benzene rings is 1. The van der Waals surface area contributed by atoms with Crippen LogP contribution in [0.2, 0.25) is 5.02 Å². The summed E-state index contributed by atoms with van der Waals surface area (Å²) >= 11 is 7.48. The fourth-order valence-electron chi connectivity index (χ4n) is 4.09. The van der Waals surface area contributed by atoms with Crippen molar-refractivity contribution in [1.29, 1.82) is 0 Å². The third-order valence-electron chi connectivity index (χ3n) is 5.96. The summed E-state index contributed by atoms with van der Waals surface area (Å²) in [5.74, 6) is -0.0925. The fraction of sp³-hybridized carbons (Fsp3) is 0.261. The summed E-state index contributed by atoms with van der Waals surface area (Å²) in [5, 5.41) is 1.35. The van der Waals surface area contributed by atoms with Crippen molar-refractivity contribution in [1.82, 2.24) is 14.3 Å². The van der Waals surface area contributed by atoms with Gasteiger partial charge >= 0.3 is 0 Å². The Morgan fingerprint density at radius 3 is 2.48 bits per heavy atom. The number of rotatable bonds is 2.